The number of nitrogens with one attached hydrogen (secondary N) is 1. The van der Waals surface area contributed by atoms with Gasteiger partial charge in [0.2, 0.25) is 5.91 Å². The maximum Gasteiger partial charge on any atom is 0.221 e. The molecule has 0 spiro atoms. The first-order valence-corrected chi connectivity index (χ1v) is 7.55. The van der Waals surface area contributed by atoms with Crippen LogP contribution in [0.3, 0.4) is 0 Å². The van der Waals surface area contributed by atoms with Crippen LogP contribution in [0.2, 0.25) is 0 Å². The summed E-state index contributed by atoms with van der Waals surface area (Å²) in [5, 5.41) is 5.76. The molecule has 0 radical (unpaired) electrons. The number of amides is 1. The van der Waals surface area contributed by atoms with E-state index in [9.17, 15) is 4.79 Å². The summed E-state index contributed by atoms with van der Waals surface area (Å²) < 4.78 is 0. The summed E-state index contributed by atoms with van der Waals surface area (Å²) in [5.41, 5.74) is 1.13. The Kier molecular flexibility index (Phi) is 3.68. The predicted octanol–water partition coefficient (Wildman–Crippen LogP) is 2.90. The van der Waals surface area contributed by atoms with Gasteiger partial charge in [0.05, 0.1) is 5.54 Å². The highest BCUT2D eigenvalue weighted by Gasteiger charge is 2.46. The molecule has 3 rings (SSSR count). The number of hydrogen-bond acceptors (Lipinski definition) is 2. The molecule has 3 heteroatoms. The van der Waals surface area contributed by atoms with Crippen LogP contribution in [0.15, 0.2) is 42.5 Å². The minimum absolute atomic E-state index is 0.135. The Hall–Kier alpha value is -1.87. The fraction of sp³-hybridized carbons (Fsp3) is 0.389. The largest absolute Gasteiger partial charge is 0.347 e. The smallest absolute Gasteiger partial charge is 0.221 e. The number of benzene rings is 2. The van der Waals surface area contributed by atoms with Gasteiger partial charge in [-0.1, -0.05) is 42.5 Å². The maximum absolute atomic E-state index is 12.2. The minimum Gasteiger partial charge on any atom is -0.347 e. The van der Waals surface area contributed by atoms with E-state index in [0.29, 0.717) is 6.42 Å². The first-order valence-electron chi connectivity index (χ1n) is 7.55. The third kappa shape index (κ3) is 2.93. The zero-order valence-corrected chi connectivity index (χ0v) is 12.7. The number of rotatable bonds is 5. The molecule has 0 aromatic heterocycles. The summed E-state index contributed by atoms with van der Waals surface area (Å²) in [6.07, 6.45) is 2.63. The molecule has 110 valence electrons. The second-order valence-corrected chi connectivity index (χ2v) is 6.21. The number of carbonyl (C=O) groups excluding carboxylic acids is 1. The SMILES string of the molecule is CN(C)CCC(=O)NC1(c2cccc3ccccc23)CC1. The Bertz CT molecular complexity index is 654. The third-order valence-electron chi connectivity index (χ3n) is 4.22. The maximum atomic E-state index is 12.2. The van der Waals surface area contributed by atoms with Crippen molar-refractivity contribution in [2.45, 2.75) is 24.8 Å². The van der Waals surface area contributed by atoms with E-state index in [0.717, 1.165) is 19.4 Å². The molecule has 0 bridgehead atoms. The van der Waals surface area contributed by atoms with Crippen LogP contribution in [0.1, 0.15) is 24.8 Å². The van der Waals surface area contributed by atoms with Gasteiger partial charge in [0.1, 0.15) is 0 Å². The number of carbonyl (C=O) groups is 1. The van der Waals surface area contributed by atoms with Gasteiger partial charge in [0.25, 0.3) is 0 Å². The van der Waals surface area contributed by atoms with E-state index in [4.69, 9.17) is 0 Å². The molecule has 3 nitrogen and oxygen atoms in total. The molecule has 0 heterocycles. The van der Waals surface area contributed by atoms with Gasteiger partial charge in [-0.15, -0.1) is 0 Å². The molecule has 1 saturated carbocycles. The van der Waals surface area contributed by atoms with Crippen molar-refractivity contribution in [1.82, 2.24) is 10.2 Å². The standard InChI is InChI=1S/C18H22N2O/c1-20(2)13-10-17(21)19-18(11-12-18)16-9-5-7-14-6-3-4-8-15(14)16/h3-9H,10-13H2,1-2H3,(H,19,21). The van der Waals surface area contributed by atoms with Crippen LogP contribution in [-0.2, 0) is 10.3 Å². The van der Waals surface area contributed by atoms with Gasteiger partial charge >= 0.3 is 0 Å². The van der Waals surface area contributed by atoms with Crippen molar-refractivity contribution >= 4 is 16.7 Å². The zero-order valence-electron chi connectivity index (χ0n) is 12.7. The van der Waals surface area contributed by atoms with Crippen molar-refractivity contribution in [3.05, 3.63) is 48.0 Å². The van der Waals surface area contributed by atoms with E-state index in [1.807, 2.05) is 19.0 Å². The summed E-state index contributed by atoms with van der Waals surface area (Å²) in [7, 11) is 3.98. The van der Waals surface area contributed by atoms with Crippen molar-refractivity contribution in [3.8, 4) is 0 Å². The summed E-state index contributed by atoms with van der Waals surface area (Å²) in [6.45, 7) is 0.789. The molecule has 0 aliphatic heterocycles. The number of fused-ring (bicyclic) bond motifs is 1. The van der Waals surface area contributed by atoms with E-state index >= 15 is 0 Å². The lowest BCUT2D eigenvalue weighted by Gasteiger charge is -2.20. The summed E-state index contributed by atoms with van der Waals surface area (Å²) in [5.74, 6) is 0.147. The Balaban J connectivity index is 1.83. The van der Waals surface area contributed by atoms with E-state index in [1.165, 1.54) is 16.3 Å². The van der Waals surface area contributed by atoms with Crippen molar-refractivity contribution in [2.75, 3.05) is 20.6 Å². The second-order valence-electron chi connectivity index (χ2n) is 6.21. The molecule has 2 aromatic rings. The van der Waals surface area contributed by atoms with Crippen LogP contribution in [0, 0.1) is 0 Å². The van der Waals surface area contributed by atoms with Gasteiger partial charge in [-0.05, 0) is 43.3 Å². The zero-order chi connectivity index (χ0) is 14.9. The lowest BCUT2D eigenvalue weighted by atomic mass is 9.97. The molecule has 1 aliphatic carbocycles. The van der Waals surface area contributed by atoms with Gasteiger partial charge in [-0.3, -0.25) is 4.79 Å². The fourth-order valence-corrected chi connectivity index (χ4v) is 2.88. The molecular weight excluding hydrogens is 260 g/mol. The molecule has 0 atom stereocenters. The van der Waals surface area contributed by atoms with Crippen LogP contribution in [0.5, 0.6) is 0 Å². The average Bonchev–Trinajstić information content (AvgIpc) is 3.25. The van der Waals surface area contributed by atoms with Crippen LogP contribution in [-0.4, -0.2) is 31.4 Å². The quantitative estimate of drug-likeness (QED) is 0.914. The van der Waals surface area contributed by atoms with Crippen LogP contribution < -0.4 is 5.32 Å². The van der Waals surface area contributed by atoms with Crippen molar-refractivity contribution in [3.63, 3.8) is 0 Å². The molecule has 1 N–H and O–H groups in total. The average molecular weight is 282 g/mol. The molecule has 1 aliphatic rings. The van der Waals surface area contributed by atoms with E-state index in [2.05, 4.69) is 47.8 Å². The Morgan fingerprint density at radius 3 is 2.57 bits per heavy atom. The fourth-order valence-electron chi connectivity index (χ4n) is 2.88. The van der Waals surface area contributed by atoms with Gasteiger partial charge in [0.15, 0.2) is 0 Å². The summed E-state index contributed by atoms with van der Waals surface area (Å²) in [6, 6.07) is 14.8. The molecule has 1 amide bonds. The topological polar surface area (TPSA) is 32.3 Å². The predicted molar refractivity (Wildman–Crippen MR) is 86.2 cm³/mol. The highest BCUT2D eigenvalue weighted by molar-refractivity contribution is 5.88. The Morgan fingerprint density at radius 1 is 1.14 bits per heavy atom. The van der Waals surface area contributed by atoms with E-state index in [-0.39, 0.29) is 11.4 Å². The highest BCUT2D eigenvalue weighted by atomic mass is 16.1. The van der Waals surface area contributed by atoms with Crippen LogP contribution in [0.4, 0.5) is 0 Å². The van der Waals surface area contributed by atoms with Crippen LogP contribution >= 0.6 is 0 Å². The first kappa shape index (κ1) is 14.1. The second kappa shape index (κ2) is 5.49. The Labute approximate surface area is 125 Å². The molecular formula is C18H22N2O. The van der Waals surface area contributed by atoms with Crippen LogP contribution in [0.25, 0.3) is 10.8 Å². The summed E-state index contributed by atoms with van der Waals surface area (Å²) >= 11 is 0. The number of nitrogens with zero attached hydrogens (tertiary/aromatic N) is 1. The number of hydrogen-bond donors (Lipinski definition) is 1. The van der Waals surface area contributed by atoms with Gasteiger partial charge in [0, 0.05) is 13.0 Å². The van der Waals surface area contributed by atoms with Gasteiger partial charge < -0.3 is 10.2 Å². The summed E-state index contributed by atoms with van der Waals surface area (Å²) in [4.78, 5) is 14.2. The van der Waals surface area contributed by atoms with Gasteiger partial charge in [-0.25, -0.2) is 0 Å². The van der Waals surface area contributed by atoms with Gasteiger partial charge in [-0.2, -0.15) is 0 Å². The molecule has 1 fully saturated rings. The first-order chi connectivity index (χ1) is 10.1. The normalized spacial score (nSPS) is 16.1. The lowest BCUT2D eigenvalue weighted by Crippen LogP contribution is -2.36. The molecule has 21 heavy (non-hydrogen) atoms. The highest BCUT2D eigenvalue weighted by Crippen LogP contribution is 2.47. The Morgan fingerprint density at radius 2 is 1.86 bits per heavy atom. The molecule has 2 aromatic carbocycles. The van der Waals surface area contributed by atoms with Crippen molar-refractivity contribution < 1.29 is 4.79 Å². The monoisotopic (exact) mass is 282 g/mol. The molecule has 0 unspecified atom stereocenters. The lowest BCUT2D eigenvalue weighted by molar-refractivity contribution is -0.122. The van der Waals surface area contributed by atoms with Crippen molar-refractivity contribution in [1.29, 1.82) is 0 Å². The molecule has 0 saturated heterocycles. The van der Waals surface area contributed by atoms with E-state index < -0.39 is 0 Å². The third-order valence-corrected chi connectivity index (χ3v) is 4.22. The minimum atomic E-state index is -0.135. The van der Waals surface area contributed by atoms with E-state index in [1.54, 1.807) is 0 Å². The van der Waals surface area contributed by atoms with Crippen molar-refractivity contribution in [2.24, 2.45) is 0 Å².